The number of piperidine rings is 1. The molecule has 0 bridgehead atoms. The van der Waals surface area contributed by atoms with Gasteiger partial charge >= 0.3 is 0 Å². The van der Waals surface area contributed by atoms with Gasteiger partial charge in [0.25, 0.3) is 5.91 Å². The first-order valence-electron chi connectivity index (χ1n) is 5.58. The summed E-state index contributed by atoms with van der Waals surface area (Å²) < 4.78 is 10.5. The van der Waals surface area contributed by atoms with Gasteiger partial charge in [-0.25, -0.2) is 0 Å². The van der Waals surface area contributed by atoms with Gasteiger partial charge in [-0.15, -0.1) is 0 Å². The SMILES string of the molecule is COC1CCN(C(=O)c2occc2C)CC1. The lowest BCUT2D eigenvalue weighted by atomic mass is 10.1. The number of amides is 1. The summed E-state index contributed by atoms with van der Waals surface area (Å²) in [7, 11) is 1.72. The standard InChI is InChI=1S/C12H17NO3/c1-9-5-8-16-11(9)12(14)13-6-3-10(15-2)4-7-13/h5,8,10H,3-4,6-7H2,1-2H3. The van der Waals surface area contributed by atoms with Crippen molar-refractivity contribution in [2.75, 3.05) is 20.2 Å². The van der Waals surface area contributed by atoms with Crippen LogP contribution in [0.3, 0.4) is 0 Å². The molecule has 2 heterocycles. The van der Waals surface area contributed by atoms with Gasteiger partial charge in [0.2, 0.25) is 0 Å². The van der Waals surface area contributed by atoms with Gasteiger partial charge in [-0.1, -0.05) is 0 Å². The summed E-state index contributed by atoms with van der Waals surface area (Å²) in [6, 6.07) is 1.81. The Morgan fingerprint density at radius 2 is 2.19 bits per heavy atom. The highest BCUT2D eigenvalue weighted by Gasteiger charge is 2.25. The highest BCUT2D eigenvalue weighted by atomic mass is 16.5. The molecule has 4 heteroatoms. The maximum Gasteiger partial charge on any atom is 0.289 e. The third-order valence-electron chi connectivity index (χ3n) is 3.12. The number of carbonyl (C=O) groups is 1. The topological polar surface area (TPSA) is 42.7 Å². The molecule has 0 aromatic carbocycles. The smallest absolute Gasteiger partial charge is 0.289 e. The molecule has 1 fully saturated rings. The van der Waals surface area contributed by atoms with Crippen LogP contribution in [0.25, 0.3) is 0 Å². The molecule has 0 unspecified atom stereocenters. The lowest BCUT2D eigenvalue weighted by Gasteiger charge is -2.30. The average molecular weight is 223 g/mol. The maximum atomic E-state index is 12.1. The predicted octanol–water partition coefficient (Wildman–Crippen LogP) is 1.84. The average Bonchev–Trinajstić information content (AvgIpc) is 2.75. The van der Waals surface area contributed by atoms with Gasteiger partial charge in [-0.05, 0) is 25.8 Å². The van der Waals surface area contributed by atoms with Crippen LogP contribution in [0.5, 0.6) is 0 Å². The maximum absolute atomic E-state index is 12.1. The Hall–Kier alpha value is -1.29. The normalized spacial score (nSPS) is 17.8. The van der Waals surface area contributed by atoms with E-state index in [-0.39, 0.29) is 5.91 Å². The van der Waals surface area contributed by atoms with E-state index in [4.69, 9.17) is 9.15 Å². The number of aryl methyl sites for hydroxylation is 1. The second-order valence-corrected chi connectivity index (χ2v) is 4.16. The summed E-state index contributed by atoms with van der Waals surface area (Å²) in [5, 5.41) is 0. The van der Waals surface area contributed by atoms with E-state index in [0.717, 1.165) is 31.5 Å². The summed E-state index contributed by atoms with van der Waals surface area (Å²) in [6.07, 6.45) is 3.66. The molecule has 1 aromatic heterocycles. The Morgan fingerprint density at radius 3 is 2.69 bits per heavy atom. The first-order valence-corrected chi connectivity index (χ1v) is 5.58. The fourth-order valence-corrected chi connectivity index (χ4v) is 2.03. The van der Waals surface area contributed by atoms with Gasteiger partial charge in [0.05, 0.1) is 12.4 Å². The van der Waals surface area contributed by atoms with Crippen LogP contribution in [-0.4, -0.2) is 37.1 Å². The van der Waals surface area contributed by atoms with E-state index in [0.29, 0.717) is 11.9 Å². The minimum absolute atomic E-state index is 0.00273. The first-order chi connectivity index (χ1) is 7.72. The molecule has 0 spiro atoms. The van der Waals surface area contributed by atoms with Crippen LogP contribution in [0.1, 0.15) is 29.0 Å². The zero-order chi connectivity index (χ0) is 11.5. The van der Waals surface area contributed by atoms with Crippen molar-refractivity contribution in [1.29, 1.82) is 0 Å². The number of ether oxygens (including phenoxy) is 1. The summed E-state index contributed by atoms with van der Waals surface area (Å²) in [5.74, 6) is 0.466. The molecule has 0 aliphatic carbocycles. The third-order valence-corrected chi connectivity index (χ3v) is 3.12. The van der Waals surface area contributed by atoms with Crippen LogP contribution in [0.4, 0.5) is 0 Å². The second kappa shape index (κ2) is 4.70. The number of nitrogens with zero attached hydrogens (tertiary/aromatic N) is 1. The number of furan rings is 1. The minimum atomic E-state index is -0.00273. The van der Waals surface area contributed by atoms with Crippen LogP contribution in [-0.2, 0) is 4.74 Å². The van der Waals surface area contributed by atoms with Crippen LogP contribution in [0.15, 0.2) is 16.7 Å². The predicted molar refractivity (Wildman–Crippen MR) is 59.4 cm³/mol. The number of hydrogen-bond acceptors (Lipinski definition) is 3. The molecule has 0 atom stereocenters. The fourth-order valence-electron chi connectivity index (χ4n) is 2.03. The third kappa shape index (κ3) is 2.11. The molecule has 1 aliphatic rings. The van der Waals surface area contributed by atoms with Crippen molar-refractivity contribution in [3.63, 3.8) is 0 Å². The molecule has 2 rings (SSSR count). The lowest BCUT2D eigenvalue weighted by molar-refractivity contribution is 0.0334. The molecule has 0 radical (unpaired) electrons. The molecule has 1 amide bonds. The zero-order valence-electron chi connectivity index (χ0n) is 9.73. The first kappa shape index (κ1) is 11.2. The van der Waals surface area contributed by atoms with Crippen molar-refractivity contribution in [2.45, 2.75) is 25.9 Å². The van der Waals surface area contributed by atoms with E-state index in [2.05, 4.69) is 0 Å². The van der Waals surface area contributed by atoms with Gasteiger partial charge < -0.3 is 14.1 Å². The molecule has 1 saturated heterocycles. The van der Waals surface area contributed by atoms with E-state index >= 15 is 0 Å². The van der Waals surface area contributed by atoms with Crippen molar-refractivity contribution in [3.05, 3.63) is 23.7 Å². The zero-order valence-corrected chi connectivity index (χ0v) is 9.73. The summed E-state index contributed by atoms with van der Waals surface area (Å²) >= 11 is 0. The van der Waals surface area contributed by atoms with Crippen molar-refractivity contribution < 1.29 is 13.9 Å². The molecular weight excluding hydrogens is 206 g/mol. The van der Waals surface area contributed by atoms with Crippen LogP contribution in [0.2, 0.25) is 0 Å². The molecule has 0 N–H and O–H groups in total. The molecule has 1 aliphatic heterocycles. The van der Waals surface area contributed by atoms with Crippen molar-refractivity contribution in [2.24, 2.45) is 0 Å². The molecule has 0 saturated carbocycles. The highest BCUT2D eigenvalue weighted by molar-refractivity contribution is 5.92. The largest absolute Gasteiger partial charge is 0.459 e. The molecule has 16 heavy (non-hydrogen) atoms. The number of carbonyl (C=O) groups excluding carboxylic acids is 1. The Morgan fingerprint density at radius 1 is 1.50 bits per heavy atom. The Kier molecular flexibility index (Phi) is 3.29. The molecule has 4 nitrogen and oxygen atoms in total. The van der Waals surface area contributed by atoms with Gasteiger partial charge in [0, 0.05) is 25.8 Å². The number of likely N-dealkylation sites (tertiary alicyclic amines) is 1. The lowest BCUT2D eigenvalue weighted by Crippen LogP contribution is -2.40. The van der Waals surface area contributed by atoms with Crippen molar-refractivity contribution in [3.8, 4) is 0 Å². The van der Waals surface area contributed by atoms with Crippen molar-refractivity contribution >= 4 is 5.91 Å². The van der Waals surface area contributed by atoms with Gasteiger partial charge in [0.1, 0.15) is 0 Å². The summed E-state index contributed by atoms with van der Waals surface area (Å²) in [6.45, 7) is 3.38. The Balaban J connectivity index is 2.00. The molecular formula is C12H17NO3. The summed E-state index contributed by atoms with van der Waals surface area (Å²) in [4.78, 5) is 13.9. The monoisotopic (exact) mass is 223 g/mol. The van der Waals surface area contributed by atoms with E-state index < -0.39 is 0 Å². The fraction of sp³-hybridized carbons (Fsp3) is 0.583. The van der Waals surface area contributed by atoms with Crippen LogP contribution < -0.4 is 0 Å². The highest BCUT2D eigenvalue weighted by Crippen LogP contribution is 2.17. The van der Waals surface area contributed by atoms with Crippen LogP contribution >= 0.6 is 0 Å². The van der Waals surface area contributed by atoms with Gasteiger partial charge in [0.15, 0.2) is 5.76 Å². The minimum Gasteiger partial charge on any atom is -0.459 e. The number of hydrogen-bond donors (Lipinski definition) is 0. The van der Waals surface area contributed by atoms with Gasteiger partial charge in [-0.2, -0.15) is 0 Å². The molecule has 88 valence electrons. The summed E-state index contributed by atoms with van der Waals surface area (Å²) in [5.41, 5.74) is 0.902. The number of rotatable bonds is 2. The van der Waals surface area contributed by atoms with Gasteiger partial charge in [-0.3, -0.25) is 4.79 Å². The quantitative estimate of drug-likeness (QED) is 0.768. The van der Waals surface area contributed by atoms with E-state index in [1.807, 2.05) is 17.9 Å². The second-order valence-electron chi connectivity index (χ2n) is 4.16. The van der Waals surface area contributed by atoms with E-state index in [1.54, 1.807) is 13.4 Å². The van der Waals surface area contributed by atoms with Crippen LogP contribution in [0, 0.1) is 6.92 Å². The van der Waals surface area contributed by atoms with E-state index in [9.17, 15) is 4.79 Å². The Labute approximate surface area is 95.2 Å². The van der Waals surface area contributed by atoms with Crippen molar-refractivity contribution in [1.82, 2.24) is 4.90 Å². The Bertz CT molecular complexity index is 364. The molecule has 1 aromatic rings. The number of methoxy groups -OCH3 is 1. The van der Waals surface area contributed by atoms with E-state index in [1.165, 1.54) is 0 Å².